The van der Waals surface area contributed by atoms with Gasteiger partial charge < -0.3 is 4.30 Å². The standard InChI is InChI=1S/C18H20N.C8H10N.C2H5.Al/c1-4-15-9-5-6-10-16(15)13-19-18-12-8-7-11-17(18)14(2)3;1-6-4-3-5-7(2)8(6)9;1-2;/h5-14H,1,4H2,2-3H3;3-5,9H,1-2H3;1H2,2H3;/q;-1;;+1. The number of nitrogens with zero attached hydrogens (tertiary/aromatic N) is 1. The van der Waals surface area contributed by atoms with Gasteiger partial charge in [-0.15, -0.1) is 0 Å². The fourth-order valence-corrected chi connectivity index (χ4v) is 6.35. The summed E-state index contributed by atoms with van der Waals surface area (Å²) < 4.78 is 3.94. The zero-order chi connectivity index (χ0) is 22.2. The SMILES string of the molecule is C[CH2][Al]([CH2]Cc1ccccc1C=Nc1ccccc1C(C)C)[NH]c1c(C)cccc1C. The molecule has 2 nitrogen and oxygen atoms in total. The van der Waals surface area contributed by atoms with Crippen LogP contribution in [-0.2, 0) is 6.42 Å². The second-order valence-corrected chi connectivity index (χ2v) is 11.8. The highest BCUT2D eigenvalue weighted by Gasteiger charge is 2.18. The van der Waals surface area contributed by atoms with Gasteiger partial charge in [-0.1, -0.05) is 92.0 Å². The molecule has 3 rings (SSSR count). The molecule has 3 aromatic carbocycles. The van der Waals surface area contributed by atoms with E-state index in [1.807, 2.05) is 0 Å². The van der Waals surface area contributed by atoms with Gasteiger partial charge in [-0.3, -0.25) is 4.99 Å². The molecule has 0 saturated heterocycles. The van der Waals surface area contributed by atoms with Gasteiger partial charge >= 0.3 is 14.4 Å². The Hall–Kier alpha value is -2.34. The van der Waals surface area contributed by atoms with E-state index in [-0.39, 0.29) is 0 Å². The zero-order valence-corrected chi connectivity index (χ0v) is 20.8. The summed E-state index contributed by atoms with van der Waals surface area (Å²) in [5.41, 5.74) is 9.04. The van der Waals surface area contributed by atoms with E-state index in [9.17, 15) is 0 Å². The van der Waals surface area contributed by atoms with Crippen LogP contribution in [0, 0.1) is 13.8 Å². The molecule has 0 atom stereocenters. The Morgan fingerprint density at radius 2 is 1.58 bits per heavy atom. The smallest absolute Gasteiger partial charge is 0.411 e. The lowest BCUT2D eigenvalue weighted by atomic mass is 10.0. The number of hydrogen-bond acceptors (Lipinski definition) is 2. The van der Waals surface area contributed by atoms with Crippen LogP contribution in [0.1, 0.15) is 54.5 Å². The van der Waals surface area contributed by atoms with E-state index in [0.717, 1.165) is 12.1 Å². The molecule has 0 spiro atoms. The molecular weight excluding hydrogens is 391 g/mol. The van der Waals surface area contributed by atoms with E-state index in [0.29, 0.717) is 5.92 Å². The molecule has 0 aliphatic heterocycles. The van der Waals surface area contributed by atoms with Crippen LogP contribution in [0.15, 0.2) is 71.7 Å². The maximum atomic E-state index is 4.87. The number of anilines is 1. The number of para-hydroxylation sites is 2. The number of nitrogens with one attached hydrogen (secondary N) is 1. The summed E-state index contributed by atoms with van der Waals surface area (Å²) in [5, 5.41) is 2.48. The second-order valence-electron chi connectivity index (χ2n) is 8.73. The largest absolute Gasteiger partial charge is 0.476 e. The van der Waals surface area contributed by atoms with E-state index in [4.69, 9.17) is 4.99 Å². The van der Waals surface area contributed by atoms with Gasteiger partial charge in [0.1, 0.15) is 0 Å². The molecule has 0 aromatic heterocycles. The van der Waals surface area contributed by atoms with E-state index >= 15 is 0 Å². The van der Waals surface area contributed by atoms with Gasteiger partial charge in [0.2, 0.25) is 0 Å². The summed E-state index contributed by atoms with van der Waals surface area (Å²) in [6, 6.07) is 23.7. The van der Waals surface area contributed by atoms with Crippen LogP contribution in [0.25, 0.3) is 0 Å². The van der Waals surface area contributed by atoms with Crippen LogP contribution in [-0.4, -0.2) is 20.6 Å². The van der Waals surface area contributed by atoms with Crippen molar-refractivity contribution in [2.45, 2.75) is 57.5 Å². The second kappa shape index (κ2) is 11.3. The minimum absolute atomic E-state index is 0.468. The Kier molecular flexibility index (Phi) is 8.53. The first-order valence-electron chi connectivity index (χ1n) is 11.5. The third-order valence-corrected chi connectivity index (χ3v) is 8.71. The minimum Gasteiger partial charge on any atom is -0.476 e. The van der Waals surface area contributed by atoms with E-state index in [1.165, 1.54) is 44.1 Å². The molecule has 0 bridgehead atoms. The highest BCUT2D eigenvalue weighted by atomic mass is 27.2. The Morgan fingerprint density at radius 3 is 2.29 bits per heavy atom. The van der Waals surface area contributed by atoms with Crippen molar-refractivity contribution in [2.75, 3.05) is 4.30 Å². The molecule has 0 unspecified atom stereocenters. The molecule has 0 amide bonds. The fraction of sp³-hybridized carbons (Fsp3) is 0.321. The molecule has 1 N–H and O–H groups in total. The lowest BCUT2D eigenvalue weighted by Crippen LogP contribution is -2.25. The summed E-state index contributed by atoms with van der Waals surface area (Å²) in [5.74, 6) is 0.468. The van der Waals surface area contributed by atoms with E-state index < -0.39 is 14.4 Å². The molecule has 160 valence electrons. The van der Waals surface area contributed by atoms with Crippen LogP contribution < -0.4 is 4.30 Å². The zero-order valence-electron chi connectivity index (χ0n) is 19.7. The Labute approximate surface area is 193 Å². The maximum absolute atomic E-state index is 4.87. The van der Waals surface area contributed by atoms with Gasteiger partial charge in [0, 0.05) is 11.9 Å². The number of rotatable bonds is 9. The molecule has 31 heavy (non-hydrogen) atoms. The average molecular weight is 427 g/mol. The van der Waals surface area contributed by atoms with Crippen LogP contribution in [0.2, 0.25) is 10.6 Å². The predicted molar refractivity (Wildman–Crippen MR) is 139 cm³/mol. The summed E-state index contributed by atoms with van der Waals surface area (Å²) in [7, 11) is 0. The predicted octanol–water partition coefficient (Wildman–Crippen LogP) is 7.84. The lowest BCUT2D eigenvalue weighted by molar-refractivity contribution is 0.867. The van der Waals surface area contributed by atoms with Crippen molar-refractivity contribution in [3.05, 3.63) is 94.5 Å². The lowest BCUT2D eigenvalue weighted by Gasteiger charge is -2.18. The van der Waals surface area contributed by atoms with Gasteiger partial charge in [0.05, 0.1) is 5.69 Å². The summed E-state index contributed by atoms with van der Waals surface area (Å²) in [4.78, 5) is 4.87. The molecule has 0 aliphatic carbocycles. The molecule has 3 aromatic rings. The summed E-state index contributed by atoms with van der Waals surface area (Å²) in [6.07, 6.45) is 3.15. The minimum atomic E-state index is -1.08. The Bertz CT molecular complexity index is 1000. The van der Waals surface area contributed by atoms with Crippen molar-refractivity contribution in [2.24, 2.45) is 4.99 Å². The van der Waals surface area contributed by atoms with Gasteiger partial charge in [-0.2, -0.15) is 0 Å². The van der Waals surface area contributed by atoms with Crippen LogP contribution in [0.3, 0.4) is 0 Å². The number of benzene rings is 3. The highest BCUT2D eigenvalue weighted by Crippen LogP contribution is 2.26. The van der Waals surface area contributed by atoms with Crippen LogP contribution in [0.5, 0.6) is 0 Å². The first-order chi connectivity index (χ1) is 15.0. The number of aryl methyl sites for hydroxylation is 3. The quantitative estimate of drug-likeness (QED) is 0.273. The number of aliphatic imine (C=N–C) groups is 1. The van der Waals surface area contributed by atoms with E-state index in [1.54, 1.807) is 0 Å². The molecular formula is C28H35AlN2. The molecule has 0 heterocycles. The van der Waals surface area contributed by atoms with Crippen molar-refractivity contribution >= 4 is 32.0 Å². The van der Waals surface area contributed by atoms with Gasteiger partial charge in [0.15, 0.2) is 0 Å². The number of hydrogen-bond donors (Lipinski definition) is 1. The summed E-state index contributed by atoms with van der Waals surface area (Å²) in [6.45, 7) is 11.2. The van der Waals surface area contributed by atoms with Crippen LogP contribution >= 0.6 is 0 Å². The third kappa shape index (κ3) is 6.33. The first kappa shape index (κ1) is 23.3. The van der Waals surface area contributed by atoms with Crippen molar-refractivity contribution in [3.8, 4) is 0 Å². The molecule has 0 radical (unpaired) electrons. The summed E-state index contributed by atoms with van der Waals surface area (Å²) >= 11 is -1.08. The highest BCUT2D eigenvalue weighted by molar-refractivity contribution is 6.62. The third-order valence-electron chi connectivity index (χ3n) is 6.04. The monoisotopic (exact) mass is 426 g/mol. The normalized spacial score (nSPS) is 11.3. The van der Waals surface area contributed by atoms with Gasteiger partial charge in [-0.25, -0.2) is 0 Å². The Balaban J connectivity index is 1.73. The molecule has 0 aliphatic rings. The van der Waals surface area contributed by atoms with Gasteiger partial charge in [0.25, 0.3) is 0 Å². The maximum Gasteiger partial charge on any atom is 0.411 e. The van der Waals surface area contributed by atoms with Crippen molar-refractivity contribution < 1.29 is 0 Å². The molecule has 3 heteroatoms. The van der Waals surface area contributed by atoms with Crippen LogP contribution in [0.4, 0.5) is 11.4 Å². The van der Waals surface area contributed by atoms with Crippen molar-refractivity contribution in [1.82, 2.24) is 0 Å². The van der Waals surface area contributed by atoms with E-state index in [2.05, 4.69) is 112 Å². The van der Waals surface area contributed by atoms with Crippen molar-refractivity contribution in [3.63, 3.8) is 0 Å². The molecule has 0 fully saturated rings. The first-order valence-corrected chi connectivity index (χ1v) is 13.7. The Morgan fingerprint density at radius 1 is 0.903 bits per heavy atom. The van der Waals surface area contributed by atoms with Gasteiger partial charge in [-0.05, 0) is 60.1 Å². The van der Waals surface area contributed by atoms with Crippen molar-refractivity contribution in [1.29, 1.82) is 0 Å². The average Bonchev–Trinajstić information content (AvgIpc) is 2.77. The fourth-order valence-electron chi connectivity index (χ4n) is 4.07. The molecule has 0 saturated carbocycles. The topological polar surface area (TPSA) is 24.4 Å².